The average Bonchev–Trinajstić information content (AvgIpc) is 3.28. The maximum atomic E-state index is 12.6. The van der Waals surface area contributed by atoms with Gasteiger partial charge in [-0.1, -0.05) is 0 Å². The molecule has 12 heteroatoms. The first-order valence-corrected chi connectivity index (χ1v) is 10.4. The topological polar surface area (TPSA) is 138 Å². The Morgan fingerprint density at radius 1 is 1.21 bits per heavy atom. The fraction of sp³-hybridized carbons (Fsp3) is 0.143. The lowest BCUT2D eigenvalue weighted by molar-refractivity contribution is -0.384. The number of carbonyl (C=O) groups is 1. The molecule has 2 aromatic carbocycles. The van der Waals surface area contributed by atoms with Crippen molar-refractivity contribution < 1.29 is 19.2 Å². The molecule has 0 spiro atoms. The Morgan fingerprint density at radius 3 is 2.76 bits per heavy atom. The van der Waals surface area contributed by atoms with Gasteiger partial charge in [-0.2, -0.15) is 0 Å². The van der Waals surface area contributed by atoms with E-state index in [1.165, 1.54) is 35.9 Å². The van der Waals surface area contributed by atoms with Gasteiger partial charge in [0.05, 0.1) is 42.1 Å². The molecule has 0 saturated carbocycles. The molecule has 0 aliphatic carbocycles. The predicted octanol–water partition coefficient (Wildman–Crippen LogP) is 3.08. The fourth-order valence-electron chi connectivity index (χ4n) is 3.15. The minimum absolute atomic E-state index is 0.169. The highest BCUT2D eigenvalue weighted by atomic mass is 32.1. The molecule has 4 rings (SSSR count). The number of nitrogens with one attached hydrogen (secondary N) is 1. The van der Waals surface area contributed by atoms with Crippen LogP contribution < -0.4 is 20.3 Å². The molecule has 2 heterocycles. The second-order valence-electron chi connectivity index (χ2n) is 6.79. The highest BCUT2D eigenvalue weighted by Crippen LogP contribution is 2.34. The zero-order valence-electron chi connectivity index (χ0n) is 17.5. The van der Waals surface area contributed by atoms with Gasteiger partial charge in [0.15, 0.2) is 5.13 Å². The van der Waals surface area contributed by atoms with Crippen LogP contribution in [-0.2, 0) is 11.3 Å². The number of nitro groups is 1. The first kappa shape index (κ1) is 21.9. The number of hydrogen-bond donors (Lipinski definition) is 1. The number of amides is 1. The van der Waals surface area contributed by atoms with Crippen LogP contribution in [0.1, 0.15) is 0 Å². The van der Waals surface area contributed by atoms with Crippen LogP contribution in [0.15, 0.2) is 52.9 Å². The normalized spacial score (nSPS) is 10.7. The Labute approximate surface area is 190 Å². The fourth-order valence-corrected chi connectivity index (χ4v) is 3.88. The summed E-state index contributed by atoms with van der Waals surface area (Å²) < 4.78 is 11.7. The number of carbonyl (C=O) groups excluding carboxylic acids is 1. The average molecular weight is 467 g/mol. The summed E-state index contributed by atoms with van der Waals surface area (Å²) in [7, 11) is 3.10. The molecule has 1 N–H and O–H groups in total. The van der Waals surface area contributed by atoms with Gasteiger partial charge in [-0.15, -0.1) is 11.3 Å². The Hall–Kier alpha value is -4.32. The van der Waals surface area contributed by atoms with Crippen molar-refractivity contribution in [2.75, 3.05) is 19.5 Å². The van der Waals surface area contributed by atoms with Crippen molar-refractivity contribution in [2.24, 2.45) is 0 Å². The molecular formula is C21H17N5O6S. The summed E-state index contributed by atoms with van der Waals surface area (Å²) in [4.78, 5) is 44.0. The summed E-state index contributed by atoms with van der Waals surface area (Å²) in [6, 6.07) is 9.09. The Morgan fingerprint density at radius 2 is 2.03 bits per heavy atom. The lowest BCUT2D eigenvalue weighted by Gasteiger charge is -2.08. The van der Waals surface area contributed by atoms with Crippen LogP contribution in [0.4, 0.5) is 10.8 Å². The molecule has 0 bridgehead atoms. The van der Waals surface area contributed by atoms with Gasteiger partial charge in [0.25, 0.3) is 11.2 Å². The van der Waals surface area contributed by atoms with E-state index in [9.17, 15) is 19.7 Å². The molecule has 0 aliphatic rings. The monoisotopic (exact) mass is 467 g/mol. The molecule has 0 aliphatic heterocycles. The molecule has 168 valence electrons. The number of anilines is 1. The van der Waals surface area contributed by atoms with Crippen LogP contribution in [0.2, 0.25) is 0 Å². The molecule has 4 aromatic rings. The molecule has 2 aromatic heterocycles. The predicted molar refractivity (Wildman–Crippen MR) is 122 cm³/mol. The van der Waals surface area contributed by atoms with E-state index in [0.717, 1.165) is 10.1 Å². The smallest absolute Gasteiger partial charge is 0.271 e. The van der Waals surface area contributed by atoms with Crippen molar-refractivity contribution >= 4 is 39.0 Å². The highest BCUT2D eigenvalue weighted by molar-refractivity contribution is 7.14. The second-order valence-corrected chi connectivity index (χ2v) is 7.65. The number of hydrogen-bond acceptors (Lipinski definition) is 9. The lowest BCUT2D eigenvalue weighted by Crippen LogP contribution is -2.27. The first-order valence-electron chi connectivity index (χ1n) is 9.51. The lowest BCUT2D eigenvalue weighted by atomic mass is 10.1. The van der Waals surface area contributed by atoms with Crippen LogP contribution in [0.25, 0.3) is 22.2 Å². The minimum atomic E-state index is -0.566. The number of nitro benzene ring substituents is 1. The zero-order chi connectivity index (χ0) is 23.5. The number of benzene rings is 2. The van der Waals surface area contributed by atoms with Gasteiger partial charge in [0, 0.05) is 29.1 Å². The van der Waals surface area contributed by atoms with E-state index >= 15 is 0 Å². The number of methoxy groups -OCH3 is 2. The first-order chi connectivity index (χ1) is 15.9. The molecule has 0 unspecified atom stereocenters. The Kier molecular flexibility index (Phi) is 6.00. The second kappa shape index (κ2) is 9.04. The van der Waals surface area contributed by atoms with Gasteiger partial charge in [0.2, 0.25) is 5.91 Å². The van der Waals surface area contributed by atoms with Gasteiger partial charge in [-0.25, -0.2) is 9.97 Å². The quantitative estimate of drug-likeness (QED) is 0.323. The number of nitrogens with zero attached hydrogens (tertiary/aromatic N) is 4. The van der Waals surface area contributed by atoms with Gasteiger partial charge in [0.1, 0.15) is 18.0 Å². The molecule has 33 heavy (non-hydrogen) atoms. The third kappa shape index (κ3) is 4.50. The summed E-state index contributed by atoms with van der Waals surface area (Å²) in [6.45, 7) is -0.292. The van der Waals surface area contributed by atoms with E-state index in [4.69, 9.17) is 9.47 Å². The van der Waals surface area contributed by atoms with E-state index in [1.807, 2.05) is 6.07 Å². The molecule has 0 atom stereocenters. The SMILES string of the molecule is COc1ccc(-c2csc(NC(=O)Cn3cnc4cc([N+](=O)[O-])ccc4c3=O)n2)c(OC)c1. The van der Waals surface area contributed by atoms with Crippen LogP contribution in [0.3, 0.4) is 0 Å². The van der Waals surface area contributed by atoms with Crippen molar-refractivity contribution in [3.63, 3.8) is 0 Å². The van der Waals surface area contributed by atoms with Crippen molar-refractivity contribution in [1.82, 2.24) is 14.5 Å². The summed E-state index contributed by atoms with van der Waals surface area (Å²) in [5, 5.41) is 15.9. The van der Waals surface area contributed by atoms with Crippen LogP contribution in [0.5, 0.6) is 11.5 Å². The summed E-state index contributed by atoms with van der Waals surface area (Å²) in [5.41, 5.74) is 0.884. The Bertz CT molecular complexity index is 1430. The molecule has 1 amide bonds. The van der Waals surface area contributed by atoms with Crippen molar-refractivity contribution in [2.45, 2.75) is 6.54 Å². The third-order valence-electron chi connectivity index (χ3n) is 4.77. The van der Waals surface area contributed by atoms with E-state index < -0.39 is 16.4 Å². The standard InChI is InChI=1S/C21H17N5O6S/c1-31-13-4-6-14(18(8-13)32-2)17-10-33-21(23-17)24-19(27)9-25-11-22-16-7-12(26(29)30)3-5-15(16)20(25)28/h3-8,10-11H,9H2,1-2H3,(H,23,24,27). The third-order valence-corrected chi connectivity index (χ3v) is 5.53. The van der Waals surface area contributed by atoms with Crippen molar-refractivity contribution in [1.29, 1.82) is 0 Å². The maximum absolute atomic E-state index is 12.6. The van der Waals surface area contributed by atoms with Crippen molar-refractivity contribution in [3.8, 4) is 22.8 Å². The maximum Gasteiger partial charge on any atom is 0.271 e. The summed E-state index contributed by atoms with van der Waals surface area (Å²) in [5.74, 6) is 0.748. The van der Waals surface area contributed by atoms with E-state index in [0.29, 0.717) is 22.3 Å². The molecule has 0 saturated heterocycles. The highest BCUT2D eigenvalue weighted by Gasteiger charge is 2.15. The van der Waals surface area contributed by atoms with Crippen molar-refractivity contribution in [3.05, 3.63) is 68.6 Å². The van der Waals surface area contributed by atoms with Crippen LogP contribution in [-0.4, -0.2) is 39.6 Å². The Balaban J connectivity index is 1.51. The van der Waals surface area contributed by atoms with E-state index in [2.05, 4.69) is 15.3 Å². The number of thiazole rings is 1. The number of fused-ring (bicyclic) bond motifs is 1. The van der Waals surface area contributed by atoms with Crippen LogP contribution >= 0.6 is 11.3 Å². The zero-order valence-corrected chi connectivity index (χ0v) is 18.3. The summed E-state index contributed by atoms with van der Waals surface area (Å²) in [6.07, 6.45) is 1.18. The molecular weight excluding hydrogens is 450 g/mol. The molecule has 11 nitrogen and oxygen atoms in total. The molecule has 0 fully saturated rings. The number of ether oxygens (including phenoxy) is 2. The van der Waals surface area contributed by atoms with Gasteiger partial charge < -0.3 is 14.8 Å². The van der Waals surface area contributed by atoms with E-state index in [-0.39, 0.29) is 23.1 Å². The minimum Gasteiger partial charge on any atom is -0.497 e. The number of rotatable bonds is 7. The summed E-state index contributed by atoms with van der Waals surface area (Å²) >= 11 is 1.23. The largest absolute Gasteiger partial charge is 0.497 e. The van der Waals surface area contributed by atoms with Gasteiger partial charge in [-0.3, -0.25) is 24.3 Å². The van der Waals surface area contributed by atoms with E-state index in [1.54, 1.807) is 31.7 Å². The van der Waals surface area contributed by atoms with Crippen LogP contribution in [0, 0.1) is 10.1 Å². The molecule has 0 radical (unpaired) electrons. The van der Waals surface area contributed by atoms with Gasteiger partial charge >= 0.3 is 0 Å². The number of aromatic nitrogens is 3. The van der Waals surface area contributed by atoms with Gasteiger partial charge in [-0.05, 0) is 18.2 Å². The number of non-ortho nitro benzene ring substituents is 1.